The number of nitrogens with zero attached hydrogens (tertiary/aromatic N) is 7. The molecule has 40 heavy (non-hydrogen) atoms. The highest BCUT2D eigenvalue weighted by Crippen LogP contribution is 2.32. The molecule has 1 aliphatic carbocycles. The SMILES string of the molecule is CCCn1c(=O)n(C2CC2)c(=O)c2[nH]c(-c3ccc(-n4nc(C(=O)NCCN5CCOCC5)cc4C)nc3)nc21. The molecule has 0 atom stereocenters. The van der Waals surface area contributed by atoms with Crippen molar-refractivity contribution in [2.45, 2.75) is 45.7 Å². The van der Waals surface area contributed by atoms with Gasteiger partial charge in [-0.25, -0.2) is 19.4 Å². The van der Waals surface area contributed by atoms with E-state index in [1.54, 1.807) is 27.6 Å². The molecule has 6 rings (SSSR count). The Morgan fingerprint density at radius 2 is 1.98 bits per heavy atom. The summed E-state index contributed by atoms with van der Waals surface area (Å²) in [4.78, 5) is 53.4. The summed E-state index contributed by atoms with van der Waals surface area (Å²) >= 11 is 0. The number of hydrogen-bond acceptors (Lipinski definition) is 8. The van der Waals surface area contributed by atoms with Crippen LogP contribution < -0.4 is 16.6 Å². The Labute approximate surface area is 229 Å². The molecule has 1 saturated carbocycles. The molecule has 13 heteroatoms. The van der Waals surface area contributed by atoms with Crippen molar-refractivity contribution in [2.24, 2.45) is 0 Å². The first kappa shape index (κ1) is 26.1. The maximum atomic E-state index is 13.1. The summed E-state index contributed by atoms with van der Waals surface area (Å²) in [5.74, 6) is 0.772. The number of aryl methyl sites for hydroxylation is 2. The number of nitrogens with one attached hydrogen (secondary N) is 2. The van der Waals surface area contributed by atoms with E-state index in [1.165, 1.54) is 4.57 Å². The van der Waals surface area contributed by atoms with Crippen molar-refractivity contribution < 1.29 is 9.53 Å². The lowest BCUT2D eigenvalue weighted by atomic mass is 10.2. The van der Waals surface area contributed by atoms with Gasteiger partial charge in [0.25, 0.3) is 11.5 Å². The molecule has 4 aromatic rings. The van der Waals surface area contributed by atoms with E-state index in [0.717, 1.165) is 57.8 Å². The van der Waals surface area contributed by atoms with Crippen LogP contribution in [0.5, 0.6) is 0 Å². The standard InChI is InChI=1S/C27H33N9O4/c1-3-9-34-24-22(26(38)35(27(34)39)19-5-6-19)30-23(31-24)18-4-7-21(29-16-18)36-17(2)15-20(32-36)25(37)28-8-10-33-11-13-40-14-12-33/h4,7,15-16,19H,3,5-6,8-14H2,1-2H3,(H,28,37)(H,30,31). The number of pyridine rings is 1. The number of imidazole rings is 1. The Kier molecular flexibility index (Phi) is 7.07. The molecule has 0 aromatic carbocycles. The van der Waals surface area contributed by atoms with Gasteiger partial charge in [0.2, 0.25) is 0 Å². The Bertz CT molecular complexity index is 1650. The van der Waals surface area contributed by atoms with Crippen molar-refractivity contribution in [2.75, 3.05) is 39.4 Å². The summed E-state index contributed by atoms with van der Waals surface area (Å²) in [6.45, 7) is 8.82. The zero-order valence-electron chi connectivity index (χ0n) is 22.7. The number of aromatic amines is 1. The topological polar surface area (TPSA) is 145 Å². The summed E-state index contributed by atoms with van der Waals surface area (Å²) in [6, 6.07) is 5.31. The predicted molar refractivity (Wildman–Crippen MR) is 148 cm³/mol. The number of aromatic nitrogens is 7. The van der Waals surface area contributed by atoms with Crippen LogP contribution >= 0.6 is 0 Å². The van der Waals surface area contributed by atoms with Crippen LogP contribution in [-0.4, -0.2) is 84.1 Å². The Morgan fingerprint density at radius 1 is 1.18 bits per heavy atom. The summed E-state index contributed by atoms with van der Waals surface area (Å²) < 4.78 is 9.92. The van der Waals surface area contributed by atoms with Crippen molar-refractivity contribution in [1.29, 1.82) is 0 Å². The van der Waals surface area contributed by atoms with Crippen molar-refractivity contribution in [3.8, 4) is 17.2 Å². The van der Waals surface area contributed by atoms with Crippen LogP contribution in [0.15, 0.2) is 34.0 Å². The van der Waals surface area contributed by atoms with Gasteiger partial charge in [-0.05, 0) is 44.4 Å². The Hall–Kier alpha value is -4.10. The van der Waals surface area contributed by atoms with E-state index in [4.69, 9.17) is 4.74 Å². The van der Waals surface area contributed by atoms with Crippen molar-refractivity contribution in [1.82, 2.24) is 44.1 Å². The van der Waals surface area contributed by atoms with Crippen molar-refractivity contribution in [3.05, 3.63) is 56.6 Å². The van der Waals surface area contributed by atoms with E-state index in [0.29, 0.717) is 47.2 Å². The molecular formula is C27H33N9O4. The minimum Gasteiger partial charge on any atom is -0.379 e. The van der Waals surface area contributed by atoms with Gasteiger partial charge in [0.15, 0.2) is 17.2 Å². The fourth-order valence-corrected chi connectivity index (χ4v) is 5.06. The van der Waals surface area contributed by atoms with Crippen molar-refractivity contribution >= 4 is 17.1 Å². The average Bonchev–Trinajstić information content (AvgIpc) is 3.56. The van der Waals surface area contributed by atoms with Gasteiger partial charge in [0.1, 0.15) is 11.3 Å². The summed E-state index contributed by atoms with van der Waals surface area (Å²) in [7, 11) is 0. The lowest BCUT2D eigenvalue weighted by Gasteiger charge is -2.26. The predicted octanol–water partition coefficient (Wildman–Crippen LogP) is 1.25. The number of ether oxygens (including phenoxy) is 1. The first-order valence-electron chi connectivity index (χ1n) is 13.8. The van der Waals surface area contributed by atoms with Gasteiger partial charge in [-0.15, -0.1) is 0 Å². The molecule has 1 aliphatic heterocycles. The molecular weight excluding hydrogens is 514 g/mol. The van der Waals surface area contributed by atoms with E-state index in [9.17, 15) is 14.4 Å². The Balaban J connectivity index is 1.21. The lowest BCUT2D eigenvalue weighted by Crippen LogP contribution is -2.41. The van der Waals surface area contributed by atoms with Gasteiger partial charge in [0.05, 0.1) is 13.2 Å². The monoisotopic (exact) mass is 547 g/mol. The van der Waals surface area contributed by atoms with Crippen LogP contribution in [0.3, 0.4) is 0 Å². The molecule has 2 N–H and O–H groups in total. The fourth-order valence-electron chi connectivity index (χ4n) is 5.06. The highest BCUT2D eigenvalue weighted by atomic mass is 16.5. The van der Waals surface area contributed by atoms with E-state index < -0.39 is 0 Å². The van der Waals surface area contributed by atoms with Gasteiger partial charge in [-0.1, -0.05) is 6.92 Å². The molecule has 1 saturated heterocycles. The lowest BCUT2D eigenvalue weighted by molar-refractivity contribution is 0.0383. The molecule has 210 valence electrons. The minimum atomic E-state index is -0.332. The third-order valence-electron chi connectivity index (χ3n) is 7.34. The van der Waals surface area contributed by atoms with Crippen LogP contribution in [0.25, 0.3) is 28.4 Å². The summed E-state index contributed by atoms with van der Waals surface area (Å²) in [6.07, 6.45) is 4.05. The number of H-pyrrole nitrogens is 1. The molecule has 1 amide bonds. The van der Waals surface area contributed by atoms with E-state index in [1.807, 2.05) is 19.9 Å². The third kappa shape index (κ3) is 4.97. The Morgan fingerprint density at radius 3 is 2.67 bits per heavy atom. The van der Waals surface area contributed by atoms with Crippen LogP contribution in [0.1, 0.15) is 48.4 Å². The second kappa shape index (κ2) is 10.8. The van der Waals surface area contributed by atoms with Gasteiger partial charge in [-0.2, -0.15) is 5.10 Å². The number of carbonyl (C=O) groups is 1. The third-order valence-corrected chi connectivity index (χ3v) is 7.34. The maximum absolute atomic E-state index is 13.1. The molecule has 2 aliphatic rings. The largest absolute Gasteiger partial charge is 0.379 e. The molecule has 5 heterocycles. The number of amides is 1. The number of fused-ring (bicyclic) bond motifs is 1. The van der Waals surface area contributed by atoms with Crippen molar-refractivity contribution in [3.63, 3.8) is 0 Å². The van der Waals surface area contributed by atoms with E-state index in [-0.39, 0.29) is 23.2 Å². The number of hydrogen-bond donors (Lipinski definition) is 2. The van der Waals surface area contributed by atoms with E-state index in [2.05, 4.69) is 30.3 Å². The first-order chi connectivity index (χ1) is 19.4. The first-order valence-corrected chi connectivity index (χ1v) is 13.8. The molecule has 0 unspecified atom stereocenters. The normalized spacial score (nSPS) is 16.1. The number of morpholine rings is 1. The van der Waals surface area contributed by atoms with Gasteiger partial charge in [0, 0.05) is 56.2 Å². The summed E-state index contributed by atoms with van der Waals surface area (Å²) in [5, 5.41) is 7.41. The second-order valence-electron chi connectivity index (χ2n) is 10.3. The molecule has 0 bridgehead atoms. The highest BCUT2D eigenvalue weighted by molar-refractivity contribution is 5.92. The van der Waals surface area contributed by atoms with Gasteiger partial charge in [-0.3, -0.25) is 23.6 Å². The summed E-state index contributed by atoms with van der Waals surface area (Å²) in [5.41, 5.74) is 1.81. The minimum absolute atomic E-state index is 0.0331. The van der Waals surface area contributed by atoms with Crippen LogP contribution in [0.4, 0.5) is 0 Å². The molecule has 4 aromatic heterocycles. The molecule has 0 radical (unpaired) electrons. The smallest absolute Gasteiger partial charge is 0.333 e. The zero-order valence-corrected chi connectivity index (χ0v) is 22.7. The fraction of sp³-hybridized carbons (Fsp3) is 0.481. The highest BCUT2D eigenvalue weighted by Gasteiger charge is 2.30. The number of rotatable bonds is 9. The van der Waals surface area contributed by atoms with Gasteiger partial charge >= 0.3 is 5.69 Å². The van der Waals surface area contributed by atoms with Crippen LogP contribution in [0, 0.1) is 6.92 Å². The molecule has 13 nitrogen and oxygen atoms in total. The number of carbonyl (C=O) groups excluding carboxylic acids is 1. The van der Waals surface area contributed by atoms with Gasteiger partial charge < -0.3 is 15.0 Å². The van der Waals surface area contributed by atoms with E-state index >= 15 is 0 Å². The molecule has 2 fully saturated rings. The van der Waals surface area contributed by atoms with Crippen LogP contribution in [0.2, 0.25) is 0 Å². The zero-order chi connectivity index (χ0) is 27.8. The van der Waals surface area contributed by atoms with Crippen LogP contribution in [-0.2, 0) is 11.3 Å². The quantitative estimate of drug-likeness (QED) is 0.319. The maximum Gasteiger partial charge on any atom is 0.333 e. The molecule has 0 spiro atoms. The average molecular weight is 548 g/mol. The second-order valence-corrected chi connectivity index (χ2v) is 10.3.